The predicted molar refractivity (Wildman–Crippen MR) is 75.2 cm³/mol. The lowest BCUT2D eigenvalue weighted by atomic mass is 10.3. The van der Waals surface area contributed by atoms with Crippen LogP contribution < -0.4 is 11.1 Å². The van der Waals surface area contributed by atoms with Crippen LogP contribution in [0, 0.1) is 10.1 Å². The molecule has 108 valence electrons. The average Bonchev–Trinajstić information content (AvgIpc) is 2.76. The standard InChI is InChI=1S/C12H18N5O3/c1-17(2,3)11(13)7-14-12-15-9-6-8(16(18)19)4-5-10(9)20-12/h4-6,11H,7,13H2,1-3H3,(H,14,15)/q+1. The number of non-ortho nitro benzene ring substituents is 1. The first-order valence-corrected chi connectivity index (χ1v) is 6.13. The van der Waals surface area contributed by atoms with Gasteiger partial charge in [0.25, 0.3) is 11.7 Å². The van der Waals surface area contributed by atoms with Crippen LogP contribution in [0.1, 0.15) is 0 Å². The molecule has 8 nitrogen and oxygen atoms in total. The van der Waals surface area contributed by atoms with Crippen molar-refractivity contribution in [2.75, 3.05) is 33.0 Å². The lowest BCUT2D eigenvalue weighted by molar-refractivity contribution is -0.893. The van der Waals surface area contributed by atoms with Gasteiger partial charge in [0.1, 0.15) is 5.52 Å². The largest absolute Gasteiger partial charge is 0.424 e. The molecule has 3 N–H and O–H groups in total. The Morgan fingerprint density at radius 3 is 2.80 bits per heavy atom. The summed E-state index contributed by atoms with van der Waals surface area (Å²) < 4.78 is 6.05. The summed E-state index contributed by atoms with van der Waals surface area (Å²) >= 11 is 0. The Bertz CT molecular complexity index is 632. The molecular weight excluding hydrogens is 262 g/mol. The highest BCUT2D eigenvalue weighted by Gasteiger charge is 2.19. The van der Waals surface area contributed by atoms with Gasteiger partial charge >= 0.3 is 0 Å². The molecule has 0 fully saturated rings. The molecule has 0 aliphatic rings. The summed E-state index contributed by atoms with van der Waals surface area (Å²) in [4.78, 5) is 14.4. The van der Waals surface area contributed by atoms with Gasteiger partial charge in [-0.05, 0) is 6.07 Å². The summed E-state index contributed by atoms with van der Waals surface area (Å²) in [6.45, 7) is 0.485. The van der Waals surface area contributed by atoms with Crippen LogP contribution in [0.5, 0.6) is 0 Å². The molecule has 1 atom stereocenters. The maximum atomic E-state index is 10.7. The lowest BCUT2D eigenvalue weighted by Gasteiger charge is -2.30. The fourth-order valence-electron chi connectivity index (χ4n) is 1.57. The van der Waals surface area contributed by atoms with Crippen molar-refractivity contribution in [3.05, 3.63) is 28.3 Å². The molecule has 0 aliphatic heterocycles. The SMILES string of the molecule is C[N+](C)(C)C(N)CNc1nc2cc([N+](=O)[O-])ccc2o1. The molecule has 0 bridgehead atoms. The number of nitro benzene ring substituents is 1. The molecule has 8 heteroatoms. The Morgan fingerprint density at radius 2 is 2.20 bits per heavy atom. The summed E-state index contributed by atoms with van der Waals surface area (Å²) in [6.07, 6.45) is -0.126. The zero-order valence-corrected chi connectivity index (χ0v) is 11.7. The number of aromatic nitrogens is 1. The minimum Gasteiger partial charge on any atom is -0.424 e. The second-order valence-electron chi connectivity index (χ2n) is 5.49. The highest BCUT2D eigenvalue weighted by atomic mass is 16.6. The number of nitrogens with two attached hydrogens (primary N) is 1. The molecule has 0 saturated carbocycles. The van der Waals surface area contributed by atoms with Crippen LogP contribution >= 0.6 is 0 Å². The van der Waals surface area contributed by atoms with E-state index in [0.717, 1.165) is 0 Å². The molecule has 0 saturated heterocycles. The Balaban J connectivity index is 2.14. The molecular formula is C12H18N5O3+. The zero-order chi connectivity index (χ0) is 14.9. The number of hydrogen-bond donors (Lipinski definition) is 2. The normalized spacial score (nSPS) is 13.4. The van der Waals surface area contributed by atoms with Crippen molar-refractivity contribution < 1.29 is 13.8 Å². The molecule has 0 spiro atoms. The van der Waals surface area contributed by atoms with E-state index >= 15 is 0 Å². The Hall–Kier alpha value is -2.19. The van der Waals surface area contributed by atoms with Gasteiger partial charge in [-0.2, -0.15) is 4.98 Å². The van der Waals surface area contributed by atoms with Crippen LogP contribution in [0.4, 0.5) is 11.7 Å². The summed E-state index contributed by atoms with van der Waals surface area (Å²) in [6, 6.07) is 4.61. The number of quaternary nitrogens is 1. The Labute approximate surface area is 115 Å². The van der Waals surface area contributed by atoms with E-state index in [1.807, 2.05) is 21.1 Å². The molecule has 1 aromatic heterocycles. The number of benzene rings is 1. The second kappa shape index (κ2) is 5.06. The van der Waals surface area contributed by atoms with Gasteiger partial charge in [0.05, 0.1) is 32.6 Å². The molecule has 1 heterocycles. The monoisotopic (exact) mass is 280 g/mol. The highest BCUT2D eigenvalue weighted by Crippen LogP contribution is 2.23. The van der Waals surface area contributed by atoms with Crippen LogP contribution in [0.2, 0.25) is 0 Å². The third-order valence-electron chi connectivity index (χ3n) is 3.04. The molecule has 1 aromatic carbocycles. The third kappa shape index (κ3) is 3.03. The van der Waals surface area contributed by atoms with Gasteiger partial charge in [-0.15, -0.1) is 0 Å². The van der Waals surface area contributed by atoms with E-state index in [1.165, 1.54) is 18.2 Å². The number of nitrogens with one attached hydrogen (secondary N) is 1. The van der Waals surface area contributed by atoms with E-state index in [2.05, 4.69) is 10.3 Å². The first kappa shape index (κ1) is 14.2. The number of nitro groups is 1. The molecule has 20 heavy (non-hydrogen) atoms. The smallest absolute Gasteiger partial charge is 0.295 e. The molecule has 0 radical (unpaired) electrons. The fraction of sp³-hybridized carbons (Fsp3) is 0.417. The summed E-state index contributed by atoms with van der Waals surface area (Å²) in [5, 5.41) is 13.7. The number of rotatable bonds is 5. The summed E-state index contributed by atoms with van der Waals surface area (Å²) in [7, 11) is 5.96. The van der Waals surface area contributed by atoms with Crippen molar-refractivity contribution >= 4 is 22.8 Å². The zero-order valence-electron chi connectivity index (χ0n) is 11.7. The third-order valence-corrected chi connectivity index (χ3v) is 3.04. The molecule has 0 amide bonds. The number of likely N-dealkylation sites (N-methyl/N-ethyl adjacent to an activating group) is 1. The van der Waals surface area contributed by atoms with Gasteiger partial charge in [0.15, 0.2) is 11.7 Å². The quantitative estimate of drug-likeness (QED) is 0.368. The second-order valence-corrected chi connectivity index (χ2v) is 5.49. The van der Waals surface area contributed by atoms with E-state index in [9.17, 15) is 10.1 Å². The van der Waals surface area contributed by atoms with Gasteiger partial charge in [-0.3, -0.25) is 15.8 Å². The number of oxazole rings is 1. The number of hydrogen-bond acceptors (Lipinski definition) is 6. The van der Waals surface area contributed by atoms with Gasteiger partial charge in [-0.25, -0.2) is 0 Å². The minimum absolute atomic E-state index is 0.0135. The van der Waals surface area contributed by atoms with Crippen molar-refractivity contribution in [2.24, 2.45) is 5.73 Å². The molecule has 2 rings (SSSR count). The van der Waals surface area contributed by atoms with Crippen LogP contribution in [0.25, 0.3) is 11.1 Å². The van der Waals surface area contributed by atoms with E-state index < -0.39 is 4.92 Å². The molecule has 1 unspecified atom stereocenters. The minimum atomic E-state index is -0.464. The summed E-state index contributed by atoms with van der Waals surface area (Å²) in [5.41, 5.74) is 6.94. The van der Waals surface area contributed by atoms with E-state index in [0.29, 0.717) is 28.1 Å². The first-order valence-electron chi connectivity index (χ1n) is 6.13. The lowest BCUT2D eigenvalue weighted by Crippen LogP contribution is -2.54. The Kier molecular flexibility index (Phi) is 3.60. The highest BCUT2D eigenvalue weighted by molar-refractivity contribution is 5.77. The number of anilines is 1. The fourth-order valence-corrected chi connectivity index (χ4v) is 1.57. The van der Waals surface area contributed by atoms with Gasteiger partial charge in [0.2, 0.25) is 0 Å². The van der Waals surface area contributed by atoms with E-state index in [-0.39, 0.29) is 11.9 Å². The molecule has 0 aliphatic carbocycles. The van der Waals surface area contributed by atoms with Crippen molar-refractivity contribution in [2.45, 2.75) is 6.17 Å². The van der Waals surface area contributed by atoms with Crippen molar-refractivity contribution in [3.63, 3.8) is 0 Å². The van der Waals surface area contributed by atoms with Crippen LogP contribution in [0.3, 0.4) is 0 Å². The average molecular weight is 280 g/mol. The van der Waals surface area contributed by atoms with Crippen LogP contribution in [0.15, 0.2) is 22.6 Å². The van der Waals surface area contributed by atoms with Crippen LogP contribution in [-0.4, -0.2) is 48.2 Å². The van der Waals surface area contributed by atoms with Gasteiger partial charge < -0.3 is 14.2 Å². The van der Waals surface area contributed by atoms with Crippen molar-refractivity contribution in [1.29, 1.82) is 0 Å². The van der Waals surface area contributed by atoms with E-state index in [4.69, 9.17) is 10.2 Å². The van der Waals surface area contributed by atoms with Crippen molar-refractivity contribution in [3.8, 4) is 0 Å². The number of nitrogens with zero attached hydrogens (tertiary/aromatic N) is 3. The maximum Gasteiger partial charge on any atom is 0.295 e. The Morgan fingerprint density at radius 1 is 1.50 bits per heavy atom. The summed E-state index contributed by atoms with van der Waals surface area (Å²) in [5.74, 6) is 0. The topological polar surface area (TPSA) is 107 Å². The van der Waals surface area contributed by atoms with Gasteiger partial charge in [0, 0.05) is 12.1 Å². The predicted octanol–water partition coefficient (Wildman–Crippen LogP) is 1.14. The van der Waals surface area contributed by atoms with Gasteiger partial charge in [-0.1, -0.05) is 0 Å². The first-order chi connectivity index (χ1) is 9.27. The van der Waals surface area contributed by atoms with E-state index in [1.54, 1.807) is 0 Å². The number of fused-ring (bicyclic) bond motifs is 1. The molecule has 2 aromatic rings. The van der Waals surface area contributed by atoms with Crippen molar-refractivity contribution in [1.82, 2.24) is 4.98 Å². The maximum absolute atomic E-state index is 10.7. The van der Waals surface area contributed by atoms with Crippen LogP contribution in [-0.2, 0) is 0 Å².